The van der Waals surface area contributed by atoms with Gasteiger partial charge in [-0.15, -0.1) is 29.1 Å². The minimum Gasteiger partial charge on any atom is -0.512 e. The topological polar surface area (TPSA) is 67.2 Å². The molecular weight excluding hydrogens is 821 g/mol. The Morgan fingerprint density at radius 3 is 2.17 bits per heavy atom. The number of aromatic nitrogens is 2. The number of carbonyl (C=O) groups excluding carboxylic acids is 1. The van der Waals surface area contributed by atoms with E-state index in [9.17, 15) is 9.90 Å². The van der Waals surface area contributed by atoms with E-state index in [0.717, 1.165) is 71.1 Å². The van der Waals surface area contributed by atoms with Crippen molar-refractivity contribution in [1.82, 2.24) is 4.98 Å². The number of allylic oxidation sites excluding steroid dienone is 2. The summed E-state index contributed by atoms with van der Waals surface area (Å²) in [6.07, 6.45) is 9.43. The molecule has 0 spiro atoms. The predicted molar refractivity (Wildman–Crippen MR) is 213 cm³/mol. The molecule has 1 N–H and O–H groups in total. The average Bonchev–Trinajstić information content (AvgIpc) is 3.59. The summed E-state index contributed by atoms with van der Waals surface area (Å²) in [5.41, 5.74) is 7.73. The largest absolute Gasteiger partial charge is 0.512 e. The van der Waals surface area contributed by atoms with Crippen LogP contribution in [-0.2, 0) is 36.7 Å². The molecular formula is C46H59IrN2O3-. The molecule has 3 heterocycles. The Kier molecular flexibility index (Phi) is 14.3. The van der Waals surface area contributed by atoms with E-state index in [-0.39, 0.29) is 47.9 Å². The molecule has 3 aromatic heterocycles. The summed E-state index contributed by atoms with van der Waals surface area (Å²) in [4.78, 5) is 17.1. The van der Waals surface area contributed by atoms with Gasteiger partial charge in [0, 0.05) is 50.1 Å². The van der Waals surface area contributed by atoms with Crippen LogP contribution in [0.5, 0.6) is 0 Å². The number of nitrogens with zero attached hydrogens (tertiary/aromatic N) is 2. The SMILES string of the molecule is CCC(C)(CC)C(=O)/C=C(\O)C(C)(CC)CC.[CH2-][n+]1ccc(-c2cc(CC(C)C)c3occc3n2)cc1-c1[c-]c2ccccc2c(C(C)(C)C)c1.[Ir]. The van der Waals surface area contributed by atoms with Crippen LogP contribution in [0, 0.1) is 29.9 Å². The summed E-state index contributed by atoms with van der Waals surface area (Å²) in [7, 11) is 4.26. The summed E-state index contributed by atoms with van der Waals surface area (Å²) in [5.74, 6) is 0.814. The number of carbonyl (C=O) groups is 1. The molecule has 281 valence electrons. The van der Waals surface area contributed by atoms with Gasteiger partial charge in [0.25, 0.3) is 0 Å². The van der Waals surface area contributed by atoms with Crippen molar-refractivity contribution in [3.8, 4) is 22.5 Å². The van der Waals surface area contributed by atoms with Crippen LogP contribution in [-0.4, -0.2) is 15.9 Å². The number of pyridine rings is 2. The average molecular weight is 880 g/mol. The summed E-state index contributed by atoms with van der Waals surface area (Å²) in [6, 6.07) is 22.8. The van der Waals surface area contributed by atoms with Crippen molar-refractivity contribution < 1.29 is 39.0 Å². The van der Waals surface area contributed by atoms with Gasteiger partial charge < -0.3 is 14.1 Å². The summed E-state index contributed by atoms with van der Waals surface area (Å²) >= 11 is 0. The molecule has 0 atom stereocenters. The Balaban J connectivity index is 0.000000347. The summed E-state index contributed by atoms with van der Waals surface area (Å²) in [6.45, 7) is 23.3. The number of rotatable bonds is 11. The molecule has 5 aromatic rings. The van der Waals surface area contributed by atoms with Crippen molar-refractivity contribution >= 4 is 27.7 Å². The monoisotopic (exact) mass is 880 g/mol. The van der Waals surface area contributed by atoms with Gasteiger partial charge in [-0.05, 0) is 72.8 Å². The molecule has 6 heteroatoms. The van der Waals surface area contributed by atoms with E-state index >= 15 is 0 Å². The first-order valence-electron chi connectivity index (χ1n) is 18.7. The molecule has 0 unspecified atom stereocenters. The first kappa shape index (κ1) is 42.7. The van der Waals surface area contributed by atoms with E-state index in [1.165, 1.54) is 22.6 Å². The van der Waals surface area contributed by atoms with Gasteiger partial charge in [-0.2, -0.15) is 0 Å². The van der Waals surface area contributed by atoms with E-state index < -0.39 is 0 Å². The predicted octanol–water partition coefficient (Wildman–Crippen LogP) is 12.2. The van der Waals surface area contributed by atoms with Crippen molar-refractivity contribution in [1.29, 1.82) is 0 Å². The van der Waals surface area contributed by atoms with Crippen LogP contribution in [0.25, 0.3) is 44.4 Å². The van der Waals surface area contributed by atoms with Gasteiger partial charge in [0.05, 0.1) is 18.2 Å². The van der Waals surface area contributed by atoms with Crippen molar-refractivity contribution in [2.45, 2.75) is 114 Å². The van der Waals surface area contributed by atoms with Crippen LogP contribution in [0.15, 0.2) is 83.3 Å². The van der Waals surface area contributed by atoms with Crippen LogP contribution in [0.2, 0.25) is 0 Å². The second kappa shape index (κ2) is 17.4. The molecule has 0 bridgehead atoms. The number of hydrogen-bond donors (Lipinski definition) is 1. The zero-order chi connectivity index (χ0) is 37.7. The standard InChI is InChI=1S/C31H31N2O.C15H28O2.Ir/c1-20(2)15-24-18-28(32-27-12-14-34-30(24)27)22-11-13-33(6)29(19-22)23-16-21-9-7-8-10-25(21)26(17-23)31(3,4)5;1-7-14(5,8-2)12(16)11-13(17)15(6,9-3)10-4;/h7-14,17-20H,6,15H2,1-5H3;11,16H,7-10H2,1-6H3;/q-1;;/b;12-11-;. The minimum atomic E-state index is -0.337. The van der Waals surface area contributed by atoms with Crippen LogP contribution in [0.4, 0.5) is 0 Å². The Labute approximate surface area is 326 Å². The second-order valence-electron chi connectivity index (χ2n) is 16.0. The van der Waals surface area contributed by atoms with Crippen molar-refractivity contribution in [3.05, 3.63) is 103 Å². The zero-order valence-electron chi connectivity index (χ0n) is 33.2. The van der Waals surface area contributed by atoms with Gasteiger partial charge in [-0.1, -0.05) is 105 Å². The molecule has 5 nitrogen and oxygen atoms in total. The smallest absolute Gasteiger partial charge is 0.164 e. The summed E-state index contributed by atoms with van der Waals surface area (Å²) in [5, 5.41) is 12.5. The molecule has 0 aliphatic carbocycles. The van der Waals surface area contributed by atoms with Gasteiger partial charge >= 0.3 is 0 Å². The van der Waals surface area contributed by atoms with Crippen LogP contribution in [0.3, 0.4) is 0 Å². The number of benzene rings is 2. The van der Waals surface area contributed by atoms with Crippen LogP contribution in [0.1, 0.15) is 113 Å². The number of furan rings is 1. The zero-order valence-corrected chi connectivity index (χ0v) is 35.6. The third kappa shape index (κ3) is 9.43. The molecule has 0 fully saturated rings. The van der Waals surface area contributed by atoms with Crippen LogP contribution >= 0.6 is 0 Å². The van der Waals surface area contributed by atoms with Crippen molar-refractivity contribution in [2.24, 2.45) is 16.7 Å². The number of ketones is 1. The Hall–Kier alpha value is -3.73. The normalized spacial score (nSPS) is 12.5. The maximum absolute atomic E-state index is 12.2. The Bertz CT molecular complexity index is 2010. The fourth-order valence-electron chi connectivity index (χ4n) is 6.36. The summed E-state index contributed by atoms with van der Waals surface area (Å²) < 4.78 is 7.68. The van der Waals surface area contributed by atoms with Crippen LogP contribution < -0.4 is 4.57 Å². The quantitative estimate of drug-likeness (QED) is 0.0621. The number of aliphatic hydroxyl groups is 1. The minimum absolute atomic E-state index is 0. The molecule has 5 rings (SSSR count). The third-order valence-electron chi connectivity index (χ3n) is 10.9. The van der Waals surface area contributed by atoms with Gasteiger partial charge in [0.2, 0.25) is 0 Å². The number of aliphatic hydroxyl groups excluding tert-OH is 1. The van der Waals surface area contributed by atoms with Crippen molar-refractivity contribution in [2.75, 3.05) is 0 Å². The van der Waals surface area contributed by atoms with Gasteiger partial charge in [0.15, 0.2) is 11.4 Å². The van der Waals surface area contributed by atoms with E-state index in [2.05, 4.69) is 96.3 Å². The third-order valence-corrected chi connectivity index (χ3v) is 10.9. The first-order chi connectivity index (χ1) is 24.0. The van der Waals surface area contributed by atoms with E-state index in [0.29, 0.717) is 5.92 Å². The fourth-order valence-corrected chi connectivity index (χ4v) is 6.36. The molecule has 2 aromatic carbocycles. The molecule has 0 saturated heterocycles. The second-order valence-corrected chi connectivity index (χ2v) is 16.0. The molecule has 0 aliphatic heterocycles. The molecule has 0 saturated carbocycles. The first-order valence-corrected chi connectivity index (χ1v) is 18.7. The molecule has 0 aliphatic rings. The van der Waals surface area contributed by atoms with Crippen molar-refractivity contribution in [3.63, 3.8) is 0 Å². The molecule has 52 heavy (non-hydrogen) atoms. The van der Waals surface area contributed by atoms with E-state index in [4.69, 9.17) is 9.40 Å². The van der Waals surface area contributed by atoms with E-state index in [1.807, 2.05) is 58.4 Å². The van der Waals surface area contributed by atoms with Gasteiger partial charge in [-0.25, -0.2) is 4.98 Å². The Morgan fingerprint density at radius 1 is 0.942 bits per heavy atom. The number of hydrogen-bond acceptors (Lipinski definition) is 4. The number of fused-ring (bicyclic) bond motifs is 2. The fraction of sp³-hybridized carbons (Fsp3) is 0.435. The maximum Gasteiger partial charge on any atom is 0.164 e. The molecule has 0 amide bonds. The molecule has 1 radical (unpaired) electrons. The van der Waals surface area contributed by atoms with Gasteiger partial charge in [-0.3, -0.25) is 4.79 Å². The Morgan fingerprint density at radius 2 is 1.58 bits per heavy atom. The van der Waals surface area contributed by atoms with E-state index in [1.54, 1.807) is 6.26 Å². The maximum atomic E-state index is 12.2. The van der Waals surface area contributed by atoms with Gasteiger partial charge in [0.1, 0.15) is 17.0 Å².